The Morgan fingerprint density at radius 2 is 2.16 bits per heavy atom. The lowest BCUT2D eigenvalue weighted by Gasteiger charge is -2.32. The highest BCUT2D eigenvalue weighted by Gasteiger charge is 2.35. The smallest absolute Gasteiger partial charge is 0.234 e. The van der Waals surface area contributed by atoms with Crippen LogP contribution in [-0.2, 0) is 4.79 Å². The number of carbonyl (C=O) groups excluding carboxylic acids is 1. The molecule has 3 atom stereocenters. The number of hydrogen-bond acceptors (Lipinski definition) is 3. The Balaban J connectivity index is 1.69. The van der Waals surface area contributed by atoms with Crippen LogP contribution in [0.2, 0.25) is 0 Å². The van der Waals surface area contributed by atoms with Gasteiger partial charge in [0, 0.05) is 24.7 Å². The first kappa shape index (κ1) is 14.8. The maximum Gasteiger partial charge on any atom is 0.234 e. The lowest BCUT2D eigenvalue weighted by atomic mass is 9.99. The van der Waals surface area contributed by atoms with Crippen LogP contribution >= 0.6 is 0 Å². The van der Waals surface area contributed by atoms with E-state index in [1.807, 2.05) is 0 Å². The number of carbonyl (C=O) groups is 1. The zero-order chi connectivity index (χ0) is 13.7. The molecule has 0 radical (unpaired) electrons. The summed E-state index contributed by atoms with van der Waals surface area (Å²) in [6, 6.07) is 1.50. The van der Waals surface area contributed by atoms with Crippen LogP contribution in [-0.4, -0.2) is 48.6 Å². The van der Waals surface area contributed by atoms with Crippen molar-refractivity contribution in [2.24, 2.45) is 0 Å². The van der Waals surface area contributed by atoms with E-state index in [1.165, 1.54) is 38.8 Å². The van der Waals surface area contributed by atoms with Crippen molar-refractivity contribution >= 4 is 5.91 Å². The third-order valence-corrected chi connectivity index (χ3v) is 4.51. The van der Waals surface area contributed by atoms with Crippen LogP contribution in [0.5, 0.6) is 0 Å². The van der Waals surface area contributed by atoms with Gasteiger partial charge in [0.2, 0.25) is 5.91 Å². The van der Waals surface area contributed by atoms with E-state index in [2.05, 4.69) is 29.4 Å². The maximum absolute atomic E-state index is 11.9. The number of fused-ring (bicyclic) bond motifs is 1. The third-order valence-electron chi connectivity index (χ3n) is 4.51. The Morgan fingerprint density at radius 3 is 2.95 bits per heavy atom. The van der Waals surface area contributed by atoms with Gasteiger partial charge in [0.1, 0.15) is 0 Å². The second kappa shape index (κ2) is 7.25. The summed E-state index contributed by atoms with van der Waals surface area (Å²) in [5, 5.41) is 6.54. The molecule has 0 saturated carbocycles. The van der Waals surface area contributed by atoms with Gasteiger partial charge >= 0.3 is 0 Å². The molecule has 2 N–H and O–H groups in total. The van der Waals surface area contributed by atoms with Gasteiger partial charge in [-0.3, -0.25) is 9.69 Å². The fourth-order valence-corrected chi connectivity index (χ4v) is 3.54. The summed E-state index contributed by atoms with van der Waals surface area (Å²) < 4.78 is 0. The molecule has 110 valence electrons. The van der Waals surface area contributed by atoms with Gasteiger partial charge in [-0.15, -0.1) is 0 Å². The van der Waals surface area contributed by atoms with Crippen LogP contribution in [0.1, 0.15) is 52.4 Å². The first-order valence-corrected chi connectivity index (χ1v) is 7.97. The van der Waals surface area contributed by atoms with Gasteiger partial charge < -0.3 is 10.6 Å². The van der Waals surface area contributed by atoms with Crippen LogP contribution < -0.4 is 10.6 Å². The minimum atomic E-state index is 0.148. The number of piperidine rings is 1. The van der Waals surface area contributed by atoms with Crippen LogP contribution in [0, 0.1) is 0 Å². The quantitative estimate of drug-likeness (QED) is 0.767. The molecule has 0 aromatic carbocycles. The highest BCUT2D eigenvalue weighted by molar-refractivity contribution is 5.78. The minimum Gasteiger partial charge on any atom is -0.353 e. The van der Waals surface area contributed by atoms with Crippen molar-refractivity contribution in [1.29, 1.82) is 0 Å². The van der Waals surface area contributed by atoms with Crippen molar-refractivity contribution in [3.05, 3.63) is 0 Å². The molecule has 1 amide bonds. The Kier molecular flexibility index (Phi) is 5.64. The molecule has 19 heavy (non-hydrogen) atoms. The molecule has 0 aromatic rings. The predicted octanol–water partition coefficient (Wildman–Crippen LogP) is 1.51. The van der Waals surface area contributed by atoms with Gasteiger partial charge in [0.25, 0.3) is 0 Å². The van der Waals surface area contributed by atoms with Gasteiger partial charge in [-0.2, -0.15) is 0 Å². The standard InChI is InChI=1S/C15H29N3O/c1-3-6-12(2)17-15(19)11-16-13-8-10-18-9-5-4-7-14(13)18/h12-14,16H,3-11H2,1-2H3,(H,17,19). The number of nitrogens with zero attached hydrogens (tertiary/aromatic N) is 1. The molecule has 2 fully saturated rings. The van der Waals surface area contributed by atoms with Crippen molar-refractivity contribution in [1.82, 2.24) is 15.5 Å². The monoisotopic (exact) mass is 267 g/mol. The average Bonchev–Trinajstić information content (AvgIpc) is 2.80. The summed E-state index contributed by atoms with van der Waals surface area (Å²) in [4.78, 5) is 14.5. The highest BCUT2D eigenvalue weighted by Crippen LogP contribution is 2.26. The van der Waals surface area contributed by atoms with Gasteiger partial charge in [-0.1, -0.05) is 19.8 Å². The predicted molar refractivity (Wildman–Crippen MR) is 78.1 cm³/mol. The fourth-order valence-electron chi connectivity index (χ4n) is 3.54. The molecule has 0 aliphatic carbocycles. The molecule has 2 aliphatic heterocycles. The molecule has 2 aliphatic rings. The van der Waals surface area contributed by atoms with E-state index in [0.717, 1.165) is 12.8 Å². The third kappa shape index (κ3) is 4.18. The molecule has 0 spiro atoms. The normalized spacial score (nSPS) is 28.9. The van der Waals surface area contributed by atoms with Gasteiger partial charge in [0.05, 0.1) is 6.54 Å². The van der Waals surface area contributed by atoms with E-state index in [0.29, 0.717) is 24.7 Å². The molecule has 0 aromatic heterocycles. The van der Waals surface area contributed by atoms with E-state index in [9.17, 15) is 4.79 Å². The Morgan fingerprint density at radius 1 is 1.32 bits per heavy atom. The van der Waals surface area contributed by atoms with E-state index in [1.54, 1.807) is 0 Å². The van der Waals surface area contributed by atoms with E-state index in [4.69, 9.17) is 0 Å². The second-order valence-corrected chi connectivity index (χ2v) is 6.13. The van der Waals surface area contributed by atoms with Crippen molar-refractivity contribution in [3.63, 3.8) is 0 Å². The molecule has 2 rings (SSSR count). The summed E-state index contributed by atoms with van der Waals surface area (Å²) in [6.45, 7) is 7.17. The number of hydrogen-bond donors (Lipinski definition) is 2. The molecule has 4 nitrogen and oxygen atoms in total. The fraction of sp³-hybridized carbons (Fsp3) is 0.933. The molecular weight excluding hydrogens is 238 g/mol. The Labute approximate surface area is 117 Å². The number of nitrogens with one attached hydrogen (secondary N) is 2. The summed E-state index contributed by atoms with van der Waals surface area (Å²) in [6.07, 6.45) is 7.37. The minimum absolute atomic E-state index is 0.148. The highest BCUT2D eigenvalue weighted by atomic mass is 16.1. The lowest BCUT2D eigenvalue weighted by molar-refractivity contribution is -0.121. The number of rotatable bonds is 6. The summed E-state index contributed by atoms with van der Waals surface area (Å²) >= 11 is 0. The number of amides is 1. The Hall–Kier alpha value is -0.610. The summed E-state index contributed by atoms with van der Waals surface area (Å²) in [5.74, 6) is 0.148. The van der Waals surface area contributed by atoms with E-state index < -0.39 is 0 Å². The van der Waals surface area contributed by atoms with Crippen molar-refractivity contribution < 1.29 is 4.79 Å². The van der Waals surface area contributed by atoms with Crippen molar-refractivity contribution in [2.45, 2.75) is 70.5 Å². The van der Waals surface area contributed by atoms with Crippen LogP contribution in [0.3, 0.4) is 0 Å². The van der Waals surface area contributed by atoms with Crippen LogP contribution in [0.25, 0.3) is 0 Å². The largest absolute Gasteiger partial charge is 0.353 e. The lowest BCUT2D eigenvalue weighted by Crippen LogP contribution is -2.48. The van der Waals surface area contributed by atoms with E-state index >= 15 is 0 Å². The SMILES string of the molecule is CCCC(C)NC(=O)CNC1CCN2CCCCC12. The molecule has 2 saturated heterocycles. The zero-order valence-corrected chi connectivity index (χ0v) is 12.5. The molecule has 0 bridgehead atoms. The first-order valence-electron chi connectivity index (χ1n) is 7.97. The van der Waals surface area contributed by atoms with Crippen LogP contribution in [0.4, 0.5) is 0 Å². The van der Waals surface area contributed by atoms with Crippen LogP contribution in [0.15, 0.2) is 0 Å². The topological polar surface area (TPSA) is 44.4 Å². The van der Waals surface area contributed by atoms with Gasteiger partial charge in [-0.05, 0) is 39.2 Å². The molecule has 2 heterocycles. The summed E-state index contributed by atoms with van der Waals surface area (Å²) in [5.41, 5.74) is 0. The maximum atomic E-state index is 11.9. The molecule has 3 unspecified atom stereocenters. The Bertz CT molecular complexity index is 295. The average molecular weight is 267 g/mol. The first-order chi connectivity index (χ1) is 9.20. The van der Waals surface area contributed by atoms with E-state index in [-0.39, 0.29) is 5.91 Å². The summed E-state index contributed by atoms with van der Waals surface area (Å²) in [7, 11) is 0. The van der Waals surface area contributed by atoms with Gasteiger partial charge in [-0.25, -0.2) is 0 Å². The van der Waals surface area contributed by atoms with Crippen molar-refractivity contribution in [3.8, 4) is 0 Å². The second-order valence-electron chi connectivity index (χ2n) is 6.13. The van der Waals surface area contributed by atoms with Crippen molar-refractivity contribution in [2.75, 3.05) is 19.6 Å². The zero-order valence-electron chi connectivity index (χ0n) is 12.5. The molecule has 4 heteroatoms. The van der Waals surface area contributed by atoms with Gasteiger partial charge in [0.15, 0.2) is 0 Å². The molecular formula is C15H29N3O.